The summed E-state index contributed by atoms with van der Waals surface area (Å²) in [5.74, 6) is 0.863. The molecule has 1 amide bonds. The number of amides is 1. The van der Waals surface area contributed by atoms with Crippen LogP contribution in [-0.4, -0.2) is 39.8 Å². The summed E-state index contributed by atoms with van der Waals surface area (Å²) in [4.78, 5) is 14.7. The quantitative estimate of drug-likeness (QED) is 0.930. The van der Waals surface area contributed by atoms with Gasteiger partial charge in [-0.25, -0.2) is 0 Å². The first-order valence-corrected chi connectivity index (χ1v) is 8.62. The molecule has 3 rings (SSSR count). The van der Waals surface area contributed by atoms with Gasteiger partial charge in [0.15, 0.2) is 0 Å². The predicted molar refractivity (Wildman–Crippen MR) is 84.3 cm³/mol. The Hall–Kier alpha value is -1.36. The molecule has 1 N–H and O–H groups in total. The summed E-state index contributed by atoms with van der Waals surface area (Å²) in [6, 6.07) is 0. The van der Waals surface area contributed by atoms with E-state index in [-0.39, 0.29) is 18.1 Å². The second kappa shape index (κ2) is 6.82. The van der Waals surface area contributed by atoms with E-state index in [1.807, 2.05) is 18.0 Å². The van der Waals surface area contributed by atoms with Gasteiger partial charge in [-0.1, -0.05) is 26.7 Å². The van der Waals surface area contributed by atoms with Crippen molar-refractivity contribution in [2.45, 2.75) is 71.1 Å². The van der Waals surface area contributed by atoms with E-state index in [0.717, 1.165) is 43.7 Å². The Kier molecular flexibility index (Phi) is 4.81. The van der Waals surface area contributed by atoms with Gasteiger partial charge in [0.2, 0.25) is 0 Å². The summed E-state index contributed by atoms with van der Waals surface area (Å²) >= 11 is 0. The van der Waals surface area contributed by atoms with Gasteiger partial charge >= 0.3 is 0 Å². The normalized spacial score (nSPS) is 26.5. The molecule has 22 heavy (non-hydrogen) atoms. The molecule has 2 aliphatic rings. The molecule has 0 unspecified atom stereocenters. The molecule has 0 spiro atoms. The highest BCUT2D eigenvalue weighted by Gasteiger charge is 2.30. The van der Waals surface area contributed by atoms with Crippen LogP contribution in [0.4, 0.5) is 0 Å². The number of ether oxygens (including phenoxy) is 1. The van der Waals surface area contributed by atoms with Crippen LogP contribution in [0.2, 0.25) is 0 Å². The molecule has 0 saturated heterocycles. The standard InChI is InChI=1S/C17H27N3O2/c1-3-16(22-14-6-4-5-12(2)9-14)17(21)20-8-7-15-13(11-20)10-18-19-15/h10,12,14,16H,3-9,11H2,1-2H3,(H,18,19)/t12-,14+,16+/m1/s1. The largest absolute Gasteiger partial charge is 0.365 e. The second-order valence-corrected chi connectivity index (χ2v) is 6.81. The number of aromatic nitrogens is 2. The van der Waals surface area contributed by atoms with Gasteiger partial charge in [0.25, 0.3) is 5.91 Å². The lowest BCUT2D eigenvalue weighted by Crippen LogP contribution is -2.44. The first-order valence-electron chi connectivity index (χ1n) is 8.62. The van der Waals surface area contributed by atoms with Crippen molar-refractivity contribution in [2.24, 2.45) is 5.92 Å². The lowest BCUT2D eigenvalue weighted by Gasteiger charge is -2.33. The van der Waals surface area contributed by atoms with Crippen LogP contribution in [-0.2, 0) is 22.5 Å². The van der Waals surface area contributed by atoms with E-state index >= 15 is 0 Å². The first kappa shape index (κ1) is 15.5. The molecule has 1 saturated carbocycles. The number of H-pyrrole nitrogens is 1. The van der Waals surface area contributed by atoms with E-state index in [4.69, 9.17) is 4.74 Å². The number of aromatic amines is 1. The highest BCUT2D eigenvalue weighted by molar-refractivity contribution is 5.81. The lowest BCUT2D eigenvalue weighted by molar-refractivity contribution is -0.150. The minimum atomic E-state index is -0.288. The highest BCUT2D eigenvalue weighted by Crippen LogP contribution is 2.27. The minimum absolute atomic E-state index is 0.146. The van der Waals surface area contributed by atoms with Crippen LogP contribution in [0, 0.1) is 5.92 Å². The molecule has 5 nitrogen and oxygen atoms in total. The summed E-state index contributed by atoms with van der Waals surface area (Å²) in [5, 5.41) is 7.08. The number of nitrogens with one attached hydrogen (secondary N) is 1. The number of hydrogen-bond acceptors (Lipinski definition) is 3. The molecule has 1 aromatic heterocycles. The number of carbonyl (C=O) groups is 1. The van der Waals surface area contributed by atoms with Crippen molar-refractivity contribution in [3.05, 3.63) is 17.5 Å². The Morgan fingerprint density at radius 1 is 1.55 bits per heavy atom. The number of fused-ring (bicyclic) bond motifs is 1. The van der Waals surface area contributed by atoms with Crippen LogP contribution < -0.4 is 0 Å². The van der Waals surface area contributed by atoms with Crippen LogP contribution >= 0.6 is 0 Å². The fourth-order valence-electron chi connectivity index (χ4n) is 3.68. The van der Waals surface area contributed by atoms with E-state index in [9.17, 15) is 4.79 Å². The number of carbonyl (C=O) groups excluding carboxylic acids is 1. The zero-order valence-corrected chi connectivity index (χ0v) is 13.7. The molecular formula is C17H27N3O2. The van der Waals surface area contributed by atoms with Crippen LogP contribution in [0.15, 0.2) is 6.20 Å². The van der Waals surface area contributed by atoms with E-state index < -0.39 is 0 Å². The van der Waals surface area contributed by atoms with Crippen LogP contribution in [0.25, 0.3) is 0 Å². The van der Waals surface area contributed by atoms with Crippen LogP contribution in [0.3, 0.4) is 0 Å². The maximum atomic E-state index is 12.8. The topological polar surface area (TPSA) is 58.2 Å². The summed E-state index contributed by atoms with van der Waals surface area (Å²) < 4.78 is 6.18. The van der Waals surface area contributed by atoms with Gasteiger partial charge in [0.1, 0.15) is 6.10 Å². The molecule has 0 bridgehead atoms. The molecule has 1 aromatic rings. The Labute approximate surface area is 132 Å². The first-order chi connectivity index (χ1) is 10.7. The van der Waals surface area contributed by atoms with Crippen molar-refractivity contribution in [1.29, 1.82) is 0 Å². The van der Waals surface area contributed by atoms with Gasteiger partial charge in [-0.15, -0.1) is 0 Å². The second-order valence-electron chi connectivity index (χ2n) is 6.81. The Balaban J connectivity index is 1.60. The highest BCUT2D eigenvalue weighted by atomic mass is 16.5. The van der Waals surface area contributed by atoms with E-state index in [1.54, 1.807) is 0 Å². The van der Waals surface area contributed by atoms with Crippen molar-refractivity contribution in [3.8, 4) is 0 Å². The smallest absolute Gasteiger partial charge is 0.252 e. The fraction of sp³-hybridized carbons (Fsp3) is 0.765. The molecule has 3 atom stereocenters. The summed E-state index contributed by atoms with van der Waals surface area (Å²) in [6.45, 7) is 5.74. The Bertz CT molecular complexity index is 514. The van der Waals surface area contributed by atoms with Crippen molar-refractivity contribution in [1.82, 2.24) is 15.1 Å². The van der Waals surface area contributed by atoms with Crippen molar-refractivity contribution < 1.29 is 9.53 Å². The van der Waals surface area contributed by atoms with E-state index in [2.05, 4.69) is 17.1 Å². The zero-order valence-electron chi connectivity index (χ0n) is 13.7. The summed E-state index contributed by atoms with van der Waals surface area (Å²) in [5.41, 5.74) is 2.31. The van der Waals surface area contributed by atoms with Crippen LogP contribution in [0.5, 0.6) is 0 Å². The molecule has 0 aromatic carbocycles. The molecular weight excluding hydrogens is 278 g/mol. The van der Waals surface area contributed by atoms with Crippen molar-refractivity contribution in [3.63, 3.8) is 0 Å². The molecule has 1 fully saturated rings. The average molecular weight is 305 g/mol. The zero-order chi connectivity index (χ0) is 15.5. The SMILES string of the molecule is CC[C@H](O[C@H]1CCC[C@@H](C)C1)C(=O)N1CCc2[nH]ncc2C1. The fourth-order valence-corrected chi connectivity index (χ4v) is 3.68. The van der Waals surface area contributed by atoms with Gasteiger partial charge in [-0.2, -0.15) is 5.10 Å². The molecule has 5 heteroatoms. The molecule has 1 aliphatic carbocycles. The van der Waals surface area contributed by atoms with Crippen LogP contribution in [0.1, 0.15) is 57.2 Å². The number of rotatable bonds is 4. The van der Waals surface area contributed by atoms with Gasteiger partial charge in [-0.3, -0.25) is 9.89 Å². The average Bonchev–Trinajstić information content (AvgIpc) is 2.99. The third-order valence-corrected chi connectivity index (χ3v) is 5.00. The maximum absolute atomic E-state index is 12.8. The van der Waals surface area contributed by atoms with Gasteiger partial charge in [0.05, 0.1) is 12.3 Å². The van der Waals surface area contributed by atoms with E-state index in [1.165, 1.54) is 18.5 Å². The lowest BCUT2D eigenvalue weighted by atomic mass is 9.88. The van der Waals surface area contributed by atoms with Crippen molar-refractivity contribution >= 4 is 5.91 Å². The predicted octanol–water partition coefficient (Wildman–Crippen LogP) is 2.67. The Morgan fingerprint density at radius 2 is 2.41 bits per heavy atom. The summed E-state index contributed by atoms with van der Waals surface area (Å²) in [6.07, 6.45) is 8.11. The minimum Gasteiger partial charge on any atom is -0.365 e. The van der Waals surface area contributed by atoms with Gasteiger partial charge < -0.3 is 9.64 Å². The molecule has 0 radical (unpaired) electrons. The molecule has 1 aliphatic heterocycles. The molecule has 2 heterocycles. The maximum Gasteiger partial charge on any atom is 0.252 e. The van der Waals surface area contributed by atoms with Gasteiger partial charge in [0, 0.05) is 30.8 Å². The molecule has 122 valence electrons. The monoisotopic (exact) mass is 305 g/mol. The third kappa shape index (κ3) is 3.35. The third-order valence-electron chi connectivity index (χ3n) is 5.00. The number of nitrogens with zero attached hydrogens (tertiary/aromatic N) is 2. The van der Waals surface area contributed by atoms with Gasteiger partial charge in [-0.05, 0) is 25.2 Å². The van der Waals surface area contributed by atoms with Crippen molar-refractivity contribution in [2.75, 3.05) is 6.54 Å². The summed E-state index contributed by atoms with van der Waals surface area (Å²) in [7, 11) is 0. The van der Waals surface area contributed by atoms with E-state index in [0.29, 0.717) is 6.54 Å². The number of hydrogen-bond donors (Lipinski definition) is 1. The Morgan fingerprint density at radius 3 is 3.18 bits per heavy atom.